The van der Waals surface area contributed by atoms with Gasteiger partial charge < -0.3 is 19.9 Å². The zero-order chi connectivity index (χ0) is 23.1. The van der Waals surface area contributed by atoms with Crippen LogP contribution in [0, 0.1) is 12.8 Å². The number of hydrogen-bond donors (Lipinski definition) is 1. The third-order valence-electron chi connectivity index (χ3n) is 5.43. The minimum Gasteiger partial charge on any atom is -0.454 e. The summed E-state index contributed by atoms with van der Waals surface area (Å²) in [5.74, 6) is -0.502. The predicted octanol–water partition coefficient (Wildman–Crippen LogP) is 2.04. The van der Waals surface area contributed by atoms with Gasteiger partial charge in [-0.2, -0.15) is 0 Å². The maximum Gasteiger partial charge on any atom is 0.329 e. The first-order chi connectivity index (χ1) is 15.3. The van der Waals surface area contributed by atoms with Crippen LogP contribution < -0.4 is 10.2 Å². The Labute approximate surface area is 188 Å². The second-order valence-electron chi connectivity index (χ2n) is 8.23. The van der Waals surface area contributed by atoms with Gasteiger partial charge in [0.2, 0.25) is 0 Å². The third kappa shape index (κ3) is 6.06. The Kier molecular flexibility index (Phi) is 7.81. The van der Waals surface area contributed by atoms with Crippen LogP contribution in [0.2, 0.25) is 0 Å². The van der Waals surface area contributed by atoms with Gasteiger partial charge in [-0.3, -0.25) is 9.59 Å². The van der Waals surface area contributed by atoms with Gasteiger partial charge in [0, 0.05) is 37.9 Å². The number of anilines is 1. The maximum absolute atomic E-state index is 12.6. The quantitative estimate of drug-likeness (QED) is 0.665. The highest BCUT2D eigenvalue weighted by molar-refractivity contribution is 5.97. The molecule has 1 aromatic heterocycles. The number of piperazine rings is 1. The molecule has 0 bridgehead atoms. The minimum atomic E-state index is -0.836. The van der Waals surface area contributed by atoms with Crippen LogP contribution in [0.25, 0.3) is 0 Å². The number of nitrogens with one attached hydrogen (secondary N) is 1. The minimum absolute atomic E-state index is 0.187. The van der Waals surface area contributed by atoms with Crippen LogP contribution in [0.15, 0.2) is 48.7 Å². The van der Waals surface area contributed by atoms with Gasteiger partial charge in [-0.05, 0) is 37.1 Å². The van der Waals surface area contributed by atoms with Crippen LogP contribution in [0.3, 0.4) is 0 Å². The molecule has 2 aromatic rings. The van der Waals surface area contributed by atoms with Crippen molar-refractivity contribution in [3.8, 4) is 0 Å². The molecule has 1 saturated heterocycles. The van der Waals surface area contributed by atoms with Gasteiger partial charge in [0.15, 0.2) is 6.61 Å². The molecule has 3 rings (SSSR count). The summed E-state index contributed by atoms with van der Waals surface area (Å²) >= 11 is 0. The number of rotatable bonds is 7. The summed E-state index contributed by atoms with van der Waals surface area (Å²) in [6, 6.07) is 12.0. The first-order valence-electron chi connectivity index (χ1n) is 10.8. The van der Waals surface area contributed by atoms with Crippen LogP contribution in [-0.4, -0.2) is 66.5 Å². The van der Waals surface area contributed by atoms with E-state index in [1.807, 2.05) is 45.0 Å². The lowest BCUT2D eigenvalue weighted by Crippen LogP contribution is -2.51. The van der Waals surface area contributed by atoms with Gasteiger partial charge >= 0.3 is 5.97 Å². The zero-order valence-electron chi connectivity index (χ0n) is 18.8. The van der Waals surface area contributed by atoms with Crippen molar-refractivity contribution < 1.29 is 19.1 Å². The Hall–Kier alpha value is -3.42. The van der Waals surface area contributed by atoms with Gasteiger partial charge in [0.05, 0.1) is 0 Å². The SMILES string of the molecule is Cc1cccc(C(=O)N[C@H](C(=O)OCC(=O)N2CCN(c3ccccn3)CC2)C(C)C)c1. The van der Waals surface area contributed by atoms with E-state index in [0.717, 1.165) is 11.4 Å². The van der Waals surface area contributed by atoms with Crippen molar-refractivity contribution in [1.29, 1.82) is 0 Å². The highest BCUT2D eigenvalue weighted by Gasteiger charge is 2.28. The van der Waals surface area contributed by atoms with Gasteiger partial charge in [0.1, 0.15) is 11.9 Å². The zero-order valence-corrected chi connectivity index (χ0v) is 18.8. The molecule has 0 aliphatic carbocycles. The van der Waals surface area contributed by atoms with E-state index in [4.69, 9.17) is 4.74 Å². The van der Waals surface area contributed by atoms with E-state index in [1.165, 1.54) is 0 Å². The summed E-state index contributed by atoms with van der Waals surface area (Å²) in [6.45, 7) is 7.59. The molecule has 170 valence electrons. The highest BCUT2D eigenvalue weighted by atomic mass is 16.5. The number of hydrogen-bond acceptors (Lipinski definition) is 6. The Bertz CT molecular complexity index is 940. The number of esters is 1. The molecule has 1 aliphatic heterocycles. The molecule has 32 heavy (non-hydrogen) atoms. The summed E-state index contributed by atoms with van der Waals surface area (Å²) in [5.41, 5.74) is 1.43. The summed E-state index contributed by atoms with van der Waals surface area (Å²) < 4.78 is 5.28. The highest BCUT2D eigenvalue weighted by Crippen LogP contribution is 2.13. The van der Waals surface area contributed by atoms with E-state index >= 15 is 0 Å². The van der Waals surface area contributed by atoms with E-state index in [0.29, 0.717) is 31.7 Å². The second-order valence-corrected chi connectivity index (χ2v) is 8.23. The topological polar surface area (TPSA) is 91.8 Å². The maximum atomic E-state index is 12.6. The molecule has 8 heteroatoms. The van der Waals surface area contributed by atoms with Crippen molar-refractivity contribution in [2.45, 2.75) is 26.8 Å². The molecule has 0 spiro atoms. The van der Waals surface area contributed by atoms with Crippen molar-refractivity contribution in [2.75, 3.05) is 37.7 Å². The van der Waals surface area contributed by atoms with E-state index in [1.54, 1.807) is 29.3 Å². The Morgan fingerprint density at radius 3 is 2.44 bits per heavy atom. The molecular weight excluding hydrogens is 408 g/mol. The van der Waals surface area contributed by atoms with Crippen LogP contribution >= 0.6 is 0 Å². The first-order valence-corrected chi connectivity index (χ1v) is 10.8. The van der Waals surface area contributed by atoms with Gasteiger partial charge in [-0.25, -0.2) is 9.78 Å². The Morgan fingerprint density at radius 1 is 1.06 bits per heavy atom. The van der Waals surface area contributed by atoms with Crippen LogP contribution in [-0.2, 0) is 14.3 Å². The van der Waals surface area contributed by atoms with Crippen LogP contribution in [0.1, 0.15) is 29.8 Å². The normalized spacial score (nSPS) is 14.8. The standard InChI is InChI=1S/C24H30N4O4/c1-17(2)22(26-23(30)19-8-6-7-18(3)15-19)24(31)32-16-21(29)28-13-11-27(12-14-28)20-9-4-5-10-25-20/h4-10,15,17,22H,11-14,16H2,1-3H3,(H,26,30)/t22-/m0/s1. The fourth-order valence-electron chi connectivity index (χ4n) is 3.55. The molecular formula is C24H30N4O4. The fourth-order valence-corrected chi connectivity index (χ4v) is 3.55. The van der Waals surface area contributed by atoms with Crippen molar-refractivity contribution >= 4 is 23.6 Å². The largest absolute Gasteiger partial charge is 0.454 e. The number of nitrogens with zero attached hydrogens (tertiary/aromatic N) is 3. The third-order valence-corrected chi connectivity index (χ3v) is 5.43. The van der Waals surface area contributed by atoms with E-state index in [2.05, 4.69) is 15.2 Å². The molecule has 1 N–H and O–H groups in total. The number of amides is 2. The number of pyridine rings is 1. The number of aromatic nitrogens is 1. The molecule has 0 radical (unpaired) electrons. The van der Waals surface area contributed by atoms with Crippen molar-refractivity contribution in [3.05, 3.63) is 59.8 Å². The molecule has 2 amide bonds. The average molecular weight is 439 g/mol. The molecule has 1 aliphatic rings. The second kappa shape index (κ2) is 10.7. The molecule has 2 heterocycles. The summed E-state index contributed by atoms with van der Waals surface area (Å²) in [4.78, 5) is 45.8. The van der Waals surface area contributed by atoms with Crippen molar-refractivity contribution in [2.24, 2.45) is 5.92 Å². The number of aryl methyl sites for hydroxylation is 1. The smallest absolute Gasteiger partial charge is 0.329 e. The summed E-state index contributed by atoms with van der Waals surface area (Å²) in [7, 11) is 0. The van der Waals surface area contributed by atoms with Crippen molar-refractivity contribution in [1.82, 2.24) is 15.2 Å². The lowest BCUT2D eigenvalue weighted by atomic mass is 10.0. The number of benzene rings is 1. The van der Waals surface area contributed by atoms with E-state index < -0.39 is 12.0 Å². The summed E-state index contributed by atoms with van der Waals surface area (Å²) in [6.07, 6.45) is 1.75. The fraction of sp³-hybridized carbons (Fsp3) is 0.417. The molecule has 0 saturated carbocycles. The monoisotopic (exact) mass is 438 g/mol. The average Bonchev–Trinajstić information content (AvgIpc) is 2.81. The van der Waals surface area contributed by atoms with Gasteiger partial charge in [-0.1, -0.05) is 37.6 Å². The van der Waals surface area contributed by atoms with E-state index in [9.17, 15) is 14.4 Å². The predicted molar refractivity (Wildman–Crippen MR) is 121 cm³/mol. The van der Waals surface area contributed by atoms with Crippen molar-refractivity contribution in [3.63, 3.8) is 0 Å². The molecule has 1 atom stereocenters. The van der Waals surface area contributed by atoms with Crippen LogP contribution in [0.5, 0.6) is 0 Å². The molecule has 1 aromatic carbocycles. The number of ether oxygens (including phenoxy) is 1. The van der Waals surface area contributed by atoms with Gasteiger partial charge in [0.25, 0.3) is 11.8 Å². The molecule has 1 fully saturated rings. The number of carbonyl (C=O) groups excluding carboxylic acids is 3. The van der Waals surface area contributed by atoms with Gasteiger partial charge in [-0.15, -0.1) is 0 Å². The van der Waals surface area contributed by atoms with E-state index in [-0.39, 0.29) is 24.3 Å². The molecule has 8 nitrogen and oxygen atoms in total. The lowest BCUT2D eigenvalue weighted by molar-refractivity contribution is -0.154. The van der Waals surface area contributed by atoms with Crippen LogP contribution in [0.4, 0.5) is 5.82 Å². The Morgan fingerprint density at radius 2 is 1.81 bits per heavy atom. The lowest BCUT2D eigenvalue weighted by Gasteiger charge is -2.35. The molecule has 0 unspecified atom stereocenters. The first kappa shape index (κ1) is 23.2. The summed E-state index contributed by atoms with van der Waals surface area (Å²) in [5, 5.41) is 2.73. The Balaban J connectivity index is 1.49. The number of carbonyl (C=O) groups is 3.